The van der Waals surface area contributed by atoms with E-state index in [4.69, 9.17) is 56.4 Å². The normalized spacial score (nSPS) is 14.6. The molecule has 16 nitrogen and oxygen atoms in total. The van der Waals surface area contributed by atoms with Gasteiger partial charge in [0, 0.05) is 41.5 Å². The maximum absolute atomic E-state index is 13.0. The molecule has 1 aliphatic heterocycles. The van der Waals surface area contributed by atoms with E-state index < -0.39 is 5.91 Å². The van der Waals surface area contributed by atoms with Gasteiger partial charge in [0.2, 0.25) is 5.91 Å². The number of fused-ring (bicyclic) bond motifs is 1. The van der Waals surface area contributed by atoms with E-state index >= 15 is 0 Å². The number of hydrogen-bond acceptors (Lipinski definition) is 13. The lowest BCUT2D eigenvalue weighted by molar-refractivity contribution is -0.118. The second-order valence-electron chi connectivity index (χ2n) is 17.7. The first-order valence-electron chi connectivity index (χ1n) is 25.6. The standard InChI is InChI=1S/C58H68Cl2N6O10/c1-4-6-53(65-58(69)47(40-61)38-50-7-5-8-56(60)64-50)44-13-20-51(21-14-44)76-36-35-75-34-33-74-32-31-73-30-29-72-28-27-71-26-25-70-24-23-62-57(68)45-11-9-43(10-12-45)46-15-22-55-52(39-46)54(37-41(2)66(55)42(3)67)63-49-18-16-48(59)17-19-49/h5,7-22,38-39,41,53-54,63H,4,6,23-37H2,1-3H3,(H,62,68)(H,65,69)/b47-38+/t41-,53?,54+/m0/s1. The van der Waals surface area contributed by atoms with Gasteiger partial charge in [-0.15, -0.1) is 0 Å². The van der Waals surface area contributed by atoms with Crippen molar-refractivity contribution < 1.29 is 47.5 Å². The fourth-order valence-corrected chi connectivity index (χ4v) is 8.72. The highest BCUT2D eigenvalue weighted by molar-refractivity contribution is 6.30. The number of nitriles is 1. The van der Waals surface area contributed by atoms with Gasteiger partial charge in [0.15, 0.2) is 0 Å². The van der Waals surface area contributed by atoms with E-state index in [9.17, 15) is 19.6 Å². The lowest BCUT2D eigenvalue weighted by Gasteiger charge is -2.39. The summed E-state index contributed by atoms with van der Waals surface area (Å²) in [5, 5.41) is 20.1. The Bertz CT molecular complexity index is 2670. The number of nitrogens with zero attached hydrogens (tertiary/aromatic N) is 3. The second-order valence-corrected chi connectivity index (χ2v) is 18.6. The first kappa shape index (κ1) is 58.9. The molecule has 4 aromatic carbocycles. The highest BCUT2D eigenvalue weighted by atomic mass is 35.5. The third-order valence-corrected chi connectivity index (χ3v) is 12.6. The van der Waals surface area contributed by atoms with E-state index in [0.29, 0.717) is 121 Å². The van der Waals surface area contributed by atoms with E-state index in [-0.39, 0.29) is 40.7 Å². The van der Waals surface area contributed by atoms with Crippen LogP contribution in [0.5, 0.6) is 5.75 Å². The molecule has 0 aliphatic carbocycles. The predicted molar refractivity (Wildman–Crippen MR) is 295 cm³/mol. The molecule has 3 N–H and O–H groups in total. The quantitative estimate of drug-likeness (QED) is 0.0160. The Balaban J connectivity index is 0.731. The summed E-state index contributed by atoms with van der Waals surface area (Å²) in [5.74, 6) is 0.00978. The van der Waals surface area contributed by atoms with Crippen molar-refractivity contribution in [2.24, 2.45) is 0 Å². The molecule has 3 atom stereocenters. The highest BCUT2D eigenvalue weighted by Gasteiger charge is 2.33. The molecule has 6 rings (SSSR count). The monoisotopic (exact) mass is 1080 g/mol. The Morgan fingerprint density at radius 1 is 0.750 bits per heavy atom. The molecule has 0 fully saturated rings. The average molecular weight is 1080 g/mol. The van der Waals surface area contributed by atoms with Gasteiger partial charge in [0.1, 0.15) is 29.2 Å². The van der Waals surface area contributed by atoms with Crippen molar-refractivity contribution >= 4 is 58.4 Å². The minimum absolute atomic E-state index is 0.00426. The Morgan fingerprint density at radius 3 is 1.92 bits per heavy atom. The molecule has 404 valence electrons. The van der Waals surface area contributed by atoms with E-state index in [1.165, 1.54) is 6.08 Å². The van der Waals surface area contributed by atoms with Crippen LogP contribution in [0.25, 0.3) is 17.2 Å². The second kappa shape index (κ2) is 32.3. The molecule has 0 spiro atoms. The third-order valence-electron chi connectivity index (χ3n) is 12.1. The number of amides is 3. The van der Waals surface area contributed by atoms with Gasteiger partial charge >= 0.3 is 0 Å². The number of pyridine rings is 1. The van der Waals surface area contributed by atoms with Crippen LogP contribution in [-0.4, -0.2) is 121 Å². The predicted octanol–water partition coefficient (Wildman–Crippen LogP) is 9.83. The minimum Gasteiger partial charge on any atom is -0.491 e. The van der Waals surface area contributed by atoms with Crippen molar-refractivity contribution in [2.75, 3.05) is 103 Å². The molecule has 3 amide bonds. The number of nitrogens with one attached hydrogen (secondary N) is 3. The number of halogens is 2. The highest BCUT2D eigenvalue weighted by Crippen LogP contribution is 2.41. The third kappa shape index (κ3) is 19.3. The van der Waals surface area contributed by atoms with Gasteiger partial charge in [-0.25, -0.2) is 4.98 Å². The first-order valence-corrected chi connectivity index (χ1v) is 26.4. The summed E-state index contributed by atoms with van der Waals surface area (Å²) in [6.07, 6.45) is 3.68. The van der Waals surface area contributed by atoms with Crippen molar-refractivity contribution in [3.05, 3.63) is 147 Å². The molecule has 0 saturated heterocycles. The molecule has 2 heterocycles. The fourth-order valence-electron chi connectivity index (χ4n) is 8.42. The molecule has 18 heteroatoms. The van der Waals surface area contributed by atoms with Crippen LogP contribution in [0.2, 0.25) is 10.2 Å². The van der Waals surface area contributed by atoms with Crippen LogP contribution in [0.1, 0.15) is 79.3 Å². The van der Waals surface area contributed by atoms with Gasteiger partial charge in [-0.1, -0.05) is 72.9 Å². The molecular formula is C58H68Cl2N6O10. The Labute approximate surface area is 455 Å². The maximum atomic E-state index is 13.0. The van der Waals surface area contributed by atoms with E-state index in [2.05, 4.69) is 33.9 Å². The van der Waals surface area contributed by atoms with Crippen LogP contribution >= 0.6 is 23.2 Å². The zero-order chi connectivity index (χ0) is 53.9. The number of ether oxygens (including phenoxy) is 7. The number of aromatic nitrogens is 1. The average Bonchev–Trinajstić information content (AvgIpc) is 3.43. The van der Waals surface area contributed by atoms with Crippen LogP contribution in [-0.2, 0) is 38.0 Å². The lowest BCUT2D eigenvalue weighted by atomic mass is 9.88. The number of anilines is 2. The van der Waals surface area contributed by atoms with Gasteiger partial charge in [0.25, 0.3) is 11.8 Å². The van der Waals surface area contributed by atoms with Crippen LogP contribution < -0.4 is 25.6 Å². The number of benzene rings is 4. The number of rotatable bonds is 32. The van der Waals surface area contributed by atoms with Crippen LogP contribution in [0.15, 0.2) is 115 Å². The molecule has 0 radical (unpaired) electrons. The maximum Gasteiger partial charge on any atom is 0.262 e. The van der Waals surface area contributed by atoms with Crippen molar-refractivity contribution in [3.8, 4) is 22.9 Å². The zero-order valence-corrected chi connectivity index (χ0v) is 44.9. The molecule has 5 aromatic rings. The SMILES string of the molecule is CCCC(NC(=O)/C(C#N)=C/c1cccc(Cl)n1)c1ccc(OCCOCCOCCOCCOCCOCCOCCNC(=O)c2ccc(-c3ccc4c(c3)[C@H](Nc3ccc(Cl)cc3)C[C@H](C)N4C(C)=O)cc2)cc1. The van der Waals surface area contributed by atoms with Crippen LogP contribution in [0.4, 0.5) is 11.4 Å². The number of carbonyl (C=O) groups excluding carboxylic acids is 3. The smallest absolute Gasteiger partial charge is 0.262 e. The van der Waals surface area contributed by atoms with Gasteiger partial charge in [-0.3, -0.25) is 14.4 Å². The summed E-state index contributed by atoms with van der Waals surface area (Å²) >= 11 is 12.1. The molecule has 1 aromatic heterocycles. The summed E-state index contributed by atoms with van der Waals surface area (Å²) in [6.45, 7) is 11.4. The summed E-state index contributed by atoms with van der Waals surface area (Å²) in [4.78, 5) is 44.5. The summed E-state index contributed by atoms with van der Waals surface area (Å²) < 4.78 is 39.4. The molecular weight excluding hydrogens is 1010 g/mol. The Morgan fingerprint density at radius 2 is 1.34 bits per heavy atom. The molecule has 0 saturated carbocycles. The van der Waals surface area contributed by atoms with Crippen LogP contribution in [0.3, 0.4) is 0 Å². The van der Waals surface area contributed by atoms with Gasteiger partial charge < -0.3 is 54.0 Å². The number of hydrogen-bond donors (Lipinski definition) is 3. The Hall–Kier alpha value is -6.39. The lowest BCUT2D eigenvalue weighted by Crippen LogP contribution is -2.43. The zero-order valence-electron chi connectivity index (χ0n) is 43.4. The Kier molecular flexibility index (Phi) is 25.0. The minimum atomic E-state index is -0.483. The number of carbonyl (C=O) groups is 3. The van der Waals surface area contributed by atoms with E-state index in [1.807, 2.05) is 103 Å². The van der Waals surface area contributed by atoms with E-state index in [0.717, 1.165) is 46.5 Å². The summed E-state index contributed by atoms with van der Waals surface area (Å²) in [5.41, 5.74) is 6.64. The largest absolute Gasteiger partial charge is 0.491 e. The molecule has 0 bridgehead atoms. The van der Waals surface area contributed by atoms with Crippen LogP contribution in [0, 0.1) is 11.3 Å². The summed E-state index contributed by atoms with van der Waals surface area (Å²) in [7, 11) is 0. The molecule has 76 heavy (non-hydrogen) atoms. The topological polar surface area (TPSA) is 192 Å². The molecule has 1 aliphatic rings. The molecule has 1 unspecified atom stereocenters. The first-order chi connectivity index (χ1) is 37.0. The van der Waals surface area contributed by atoms with Gasteiger partial charge in [-0.2, -0.15) is 5.26 Å². The van der Waals surface area contributed by atoms with Crippen molar-refractivity contribution in [1.29, 1.82) is 5.26 Å². The van der Waals surface area contributed by atoms with Crippen molar-refractivity contribution in [1.82, 2.24) is 15.6 Å². The summed E-state index contributed by atoms with van der Waals surface area (Å²) in [6, 6.07) is 35.4. The van der Waals surface area contributed by atoms with Crippen molar-refractivity contribution in [3.63, 3.8) is 0 Å². The van der Waals surface area contributed by atoms with Gasteiger partial charge in [0.05, 0.1) is 97.1 Å². The fraction of sp³-hybridized carbons (Fsp3) is 0.397. The van der Waals surface area contributed by atoms with Gasteiger partial charge in [-0.05, 0) is 121 Å². The van der Waals surface area contributed by atoms with Crippen molar-refractivity contribution in [2.45, 2.75) is 58.2 Å². The van der Waals surface area contributed by atoms with E-state index in [1.54, 1.807) is 25.1 Å².